The summed E-state index contributed by atoms with van der Waals surface area (Å²) in [5, 5.41) is 13.7. The fraction of sp³-hybridized carbons (Fsp3) is 0.273. The Kier molecular flexibility index (Phi) is 3.31. The van der Waals surface area contributed by atoms with E-state index >= 15 is 0 Å². The summed E-state index contributed by atoms with van der Waals surface area (Å²) in [6.45, 7) is 2.23. The van der Waals surface area contributed by atoms with Crippen molar-refractivity contribution in [2.45, 2.75) is 18.8 Å². The third-order valence-corrected chi connectivity index (χ3v) is 3.56. The number of nitrogens with zero attached hydrogens (tertiary/aromatic N) is 5. The van der Waals surface area contributed by atoms with Crippen LogP contribution in [0.25, 0.3) is 10.7 Å². The number of halogens is 1. The van der Waals surface area contributed by atoms with E-state index in [4.69, 9.17) is 16.1 Å². The fourth-order valence-electron chi connectivity index (χ4n) is 1.54. The maximum atomic E-state index is 5.93. The summed E-state index contributed by atoms with van der Waals surface area (Å²) in [6.07, 6.45) is 1.77. The van der Waals surface area contributed by atoms with Crippen molar-refractivity contribution in [1.82, 2.24) is 25.1 Å². The predicted octanol–water partition coefficient (Wildman–Crippen LogP) is 2.74. The Morgan fingerprint density at radius 1 is 1.53 bits per heavy atom. The molecule has 0 bridgehead atoms. The van der Waals surface area contributed by atoms with Gasteiger partial charge in [-0.05, 0) is 18.4 Å². The van der Waals surface area contributed by atoms with Crippen molar-refractivity contribution in [3.63, 3.8) is 0 Å². The number of hydrogen-bond acceptors (Lipinski definition) is 6. The molecule has 0 fully saturated rings. The van der Waals surface area contributed by atoms with Crippen LogP contribution < -0.4 is 0 Å². The molecule has 0 saturated heterocycles. The van der Waals surface area contributed by atoms with Gasteiger partial charge in [0.25, 0.3) is 0 Å². The van der Waals surface area contributed by atoms with Gasteiger partial charge in [-0.25, -0.2) is 4.68 Å². The van der Waals surface area contributed by atoms with Crippen LogP contribution in [0.15, 0.2) is 28.2 Å². The van der Waals surface area contributed by atoms with Crippen LogP contribution >= 0.6 is 22.9 Å². The molecule has 0 aliphatic carbocycles. The Balaban J connectivity index is 1.76. The van der Waals surface area contributed by atoms with Crippen molar-refractivity contribution >= 4 is 22.9 Å². The Labute approximate surface area is 118 Å². The van der Waals surface area contributed by atoms with Gasteiger partial charge in [0.05, 0.1) is 16.5 Å². The molecule has 0 N–H and O–H groups in total. The molecule has 0 spiro atoms. The first-order valence-corrected chi connectivity index (χ1v) is 6.94. The van der Waals surface area contributed by atoms with Crippen LogP contribution in [-0.2, 0) is 6.54 Å². The Morgan fingerprint density at radius 2 is 2.42 bits per heavy atom. The van der Waals surface area contributed by atoms with Gasteiger partial charge in [0.2, 0.25) is 11.7 Å². The molecule has 0 radical (unpaired) electrons. The molecule has 3 heterocycles. The molecule has 0 aliphatic rings. The molecule has 0 saturated carbocycles. The van der Waals surface area contributed by atoms with Crippen LogP contribution in [0.2, 0.25) is 0 Å². The molecule has 3 aromatic heterocycles. The molecule has 0 aromatic carbocycles. The normalized spacial score (nSPS) is 12.7. The quantitative estimate of drug-likeness (QED) is 0.692. The van der Waals surface area contributed by atoms with Crippen molar-refractivity contribution in [1.29, 1.82) is 0 Å². The lowest BCUT2D eigenvalue weighted by molar-refractivity contribution is 0.364. The van der Waals surface area contributed by atoms with Gasteiger partial charge in [-0.1, -0.05) is 16.4 Å². The van der Waals surface area contributed by atoms with Crippen LogP contribution in [0.5, 0.6) is 0 Å². The highest BCUT2D eigenvalue weighted by Gasteiger charge is 2.12. The van der Waals surface area contributed by atoms with Crippen LogP contribution in [0, 0.1) is 0 Å². The van der Waals surface area contributed by atoms with E-state index in [1.165, 1.54) is 0 Å². The highest BCUT2D eigenvalue weighted by atomic mass is 35.5. The summed E-state index contributed by atoms with van der Waals surface area (Å²) >= 11 is 7.49. The molecule has 3 aromatic rings. The predicted molar refractivity (Wildman–Crippen MR) is 71.0 cm³/mol. The average molecular weight is 296 g/mol. The lowest BCUT2D eigenvalue weighted by atomic mass is 10.4. The summed E-state index contributed by atoms with van der Waals surface area (Å²) in [5.74, 6) is 1.08. The van der Waals surface area contributed by atoms with Gasteiger partial charge in [0, 0.05) is 0 Å². The zero-order valence-electron chi connectivity index (χ0n) is 10.0. The van der Waals surface area contributed by atoms with E-state index in [1.807, 2.05) is 24.4 Å². The van der Waals surface area contributed by atoms with Crippen LogP contribution in [0.3, 0.4) is 0 Å². The molecular weight excluding hydrogens is 286 g/mol. The lowest BCUT2D eigenvalue weighted by Crippen LogP contribution is -2.00. The highest BCUT2D eigenvalue weighted by Crippen LogP contribution is 2.21. The second-order valence-corrected chi connectivity index (χ2v) is 5.55. The Morgan fingerprint density at radius 3 is 3.11 bits per heavy atom. The smallest absolute Gasteiger partial charge is 0.248 e. The molecule has 19 heavy (non-hydrogen) atoms. The fourth-order valence-corrected chi connectivity index (χ4v) is 2.29. The van der Waals surface area contributed by atoms with Gasteiger partial charge in [-0.15, -0.1) is 28.0 Å². The summed E-state index contributed by atoms with van der Waals surface area (Å²) in [7, 11) is 0. The molecule has 1 unspecified atom stereocenters. The first-order valence-electron chi connectivity index (χ1n) is 5.63. The minimum Gasteiger partial charge on any atom is -0.337 e. The summed E-state index contributed by atoms with van der Waals surface area (Å²) < 4.78 is 6.81. The number of hydrogen-bond donors (Lipinski definition) is 0. The van der Waals surface area contributed by atoms with Crippen LogP contribution in [-0.4, -0.2) is 25.1 Å². The SMILES string of the molecule is CC(Cl)c1cn(Cc2nc(-c3cccs3)no2)nn1. The maximum absolute atomic E-state index is 5.93. The second kappa shape index (κ2) is 5.10. The summed E-state index contributed by atoms with van der Waals surface area (Å²) in [5.41, 5.74) is 0.722. The van der Waals surface area contributed by atoms with E-state index in [0.717, 1.165) is 10.6 Å². The maximum Gasteiger partial charge on any atom is 0.248 e. The van der Waals surface area contributed by atoms with Crippen molar-refractivity contribution in [2.24, 2.45) is 0 Å². The lowest BCUT2D eigenvalue weighted by Gasteiger charge is -1.94. The first kappa shape index (κ1) is 12.3. The standard InChI is InChI=1S/C11H10ClN5OS/c1-7(12)8-5-17(16-14-8)6-10-13-11(15-18-10)9-3-2-4-19-9/h2-5,7H,6H2,1H3. The van der Waals surface area contributed by atoms with Gasteiger partial charge in [0.1, 0.15) is 12.2 Å². The number of thiophene rings is 1. The van der Waals surface area contributed by atoms with E-state index in [0.29, 0.717) is 18.3 Å². The van der Waals surface area contributed by atoms with Crippen LogP contribution in [0.4, 0.5) is 0 Å². The average Bonchev–Trinajstić information content (AvgIpc) is 3.09. The van der Waals surface area contributed by atoms with Gasteiger partial charge in [0.15, 0.2) is 0 Å². The molecule has 0 amide bonds. The van der Waals surface area contributed by atoms with E-state index in [1.54, 1.807) is 22.2 Å². The van der Waals surface area contributed by atoms with E-state index in [9.17, 15) is 0 Å². The van der Waals surface area contributed by atoms with Crippen molar-refractivity contribution in [2.75, 3.05) is 0 Å². The van der Waals surface area contributed by atoms with Crippen LogP contribution in [0.1, 0.15) is 23.9 Å². The molecule has 1 atom stereocenters. The van der Waals surface area contributed by atoms with Crippen molar-refractivity contribution < 1.29 is 4.52 Å². The number of aromatic nitrogens is 5. The zero-order valence-corrected chi connectivity index (χ0v) is 11.6. The minimum absolute atomic E-state index is 0.168. The molecule has 3 rings (SSSR count). The van der Waals surface area contributed by atoms with E-state index in [-0.39, 0.29) is 5.38 Å². The Hall–Kier alpha value is -1.73. The number of rotatable bonds is 4. The van der Waals surface area contributed by atoms with E-state index < -0.39 is 0 Å². The number of alkyl halides is 1. The van der Waals surface area contributed by atoms with Gasteiger partial charge in [-0.3, -0.25) is 0 Å². The third-order valence-electron chi connectivity index (χ3n) is 2.47. The van der Waals surface area contributed by atoms with Gasteiger partial charge >= 0.3 is 0 Å². The summed E-state index contributed by atoms with van der Waals surface area (Å²) in [4.78, 5) is 5.29. The van der Waals surface area contributed by atoms with Gasteiger partial charge in [-0.2, -0.15) is 4.98 Å². The van der Waals surface area contributed by atoms with Crippen molar-refractivity contribution in [3.05, 3.63) is 35.3 Å². The first-order chi connectivity index (χ1) is 9.22. The molecule has 98 valence electrons. The largest absolute Gasteiger partial charge is 0.337 e. The zero-order chi connectivity index (χ0) is 13.2. The summed E-state index contributed by atoms with van der Waals surface area (Å²) in [6, 6.07) is 3.89. The molecule has 6 nitrogen and oxygen atoms in total. The van der Waals surface area contributed by atoms with Crippen molar-refractivity contribution in [3.8, 4) is 10.7 Å². The highest BCUT2D eigenvalue weighted by molar-refractivity contribution is 7.13. The third kappa shape index (κ3) is 2.66. The molecule has 8 heteroatoms. The monoisotopic (exact) mass is 295 g/mol. The Bertz CT molecular complexity index is 660. The molecular formula is C11H10ClN5OS. The second-order valence-electron chi connectivity index (χ2n) is 3.95. The topological polar surface area (TPSA) is 69.6 Å². The van der Waals surface area contributed by atoms with Gasteiger partial charge < -0.3 is 4.52 Å². The molecule has 0 aliphatic heterocycles. The van der Waals surface area contributed by atoms with E-state index in [2.05, 4.69) is 20.5 Å². The minimum atomic E-state index is -0.168.